The molecule has 0 aliphatic rings. The van der Waals surface area contributed by atoms with Crippen molar-refractivity contribution in [3.63, 3.8) is 0 Å². The Morgan fingerprint density at radius 1 is 0.467 bits per heavy atom. The number of rotatable bonds is 25. The summed E-state index contributed by atoms with van der Waals surface area (Å²) in [6.07, 6.45) is 38.3. The molecule has 0 bridgehead atoms. The van der Waals surface area contributed by atoms with E-state index in [0.29, 0.717) is 0 Å². The van der Waals surface area contributed by atoms with Gasteiger partial charge in [0.1, 0.15) is 0 Å². The molecular formula is C30H58. The van der Waals surface area contributed by atoms with Crippen molar-refractivity contribution in [2.75, 3.05) is 0 Å². The van der Waals surface area contributed by atoms with Gasteiger partial charge in [-0.05, 0) is 25.2 Å². The van der Waals surface area contributed by atoms with Gasteiger partial charge < -0.3 is 0 Å². The van der Waals surface area contributed by atoms with Crippen LogP contribution in [0.15, 0.2) is 12.2 Å². The first kappa shape index (κ1) is 29.7. The number of hydrogen-bond donors (Lipinski definition) is 0. The predicted molar refractivity (Wildman–Crippen MR) is 140 cm³/mol. The van der Waals surface area contributed by atoms with E-state index < -0.39 is 0 Å². The lowest BCUT2D eigenvalue weighted by molar-refractivity contribution is 0.515. The Bertz CT molecular complexity index is 316. The van der Waals surface area contributed by atoms with Crippen molar-refractivity contribution in [1.29, 1.82) is 0 Å². The minimum Gasteiger partial charge on any atom is -0.0883 e. The first-order valence-electron chi connectivity index (χ1n) is 14.1. The van der Waals surface area contributed by atoms with Crippen LogP contribution in [0, 0.1) is 19.8 Å². The van der Waals surface area contributed by atoms with Crippen molar-refractivity contribution in [2.24, 2.45) is 5.92 Å². The maximum atomic E-state index is 3.92. The third-order valence-corrected chi connectivity index (χ3v) is 6.49. The van der Waals surface area contributed by atoms with Crippen LogP contribution >= 0.6 is 0 Å². The van der Waals surface area contributed by atoms with Gasteiger partial charge in [-0.25, -0.2) is 0 Å². The Hall–Kier alpha value is -0.260. The fraction of sp³-hybridized carbons (Fsp3) is 0.867. The van der Waals surface area contributed by atoms with Crippen LogP contribution in [0.1, 0.15) is 161 Å². The van der Waals surface area contributed by atoms with Crippen molar-refractivity contribution in [1.82, 2.24) is 0 Å². The molecule has 0 saturated heterocycles. The molecule has 0 heterocycles. The number of allylic oxidation sites excluding steroid dienone is 2. The third kappa shape index (κ3) is 25.8. The lowest BCUT2D eigenvalue weighted by Crippen LogP contribution is -1.90. The lowest BCUT2D eigenvalue weighted by Gasteiger charge is -2.06. The third-order valence-electron chi connectivity index (χ3n) is 6.49. The zero-order chi connectivity index (χ0) is 22.0. The Balaban J connectivity index is 3.16. The molecule has 0 rings (SSSR count). The van der Waals surface area contributed by atoms with Crippen LogP contribution in [0.3, 0.4) is 0 Å². The van der Waals surface area contributed by atoms with Gasteiger partial charge in [0.05, 0.1) is 0 Å². The van der Waals surface area contributed by atoms with Gasteiger partial charge in [0.2, 0.25) is 0 Å². The van der Waals surface area contributed by atoms with E-state index in [0.717, 1.165) is 18.8 Å². The van der Waals surface area contributed by atoms with Crippen LogP contribution in [0.25, 0.3) is 0 Å². The largest absolute Gasteiger partial charge is 0.0883 e. The highest BCUT2D eigenvalue weighted by atomic mass is 14.0. The molecule has 0 aliphatic carbocycles. The van der Waals surface area contributed by atoms with E-state index in [-0.39, 0.29) is 0 Å². The second kappa shape index (κ2) is 26.8. The van der Waals surface area contributed by atoms with Crippen LogP contribution in [0.5, 0.6) is 0 Å². The van der Waals surface area contributed by atoms with Crippen LogP contribution < -0.4 is 0 Å². The van der Waals surface area contributed by atoms with E-state index in [1.54, 1.807) is 0 Å². The second-order valence-electron chi connectivity index (χ2n) is 9.76. The fourth-order valence-corrected chi connectivity index (χ4v) is 4.34. The van der Waals surface area contributed by atoms with E-state index in [4.69, 9.17) is 0 Å². The van der Waals surface area contributed by atoms with Gasteiger partial charge in [-0.3, -0.25) is 0 Å². The van der Waals surface area contributed by atoms with E-state index >= 15 is 0 Å². The van der Waals surface area contributed by atoms with Crippen molar-refractivity contribution in [3.8, 4) is 0 Å². The van der Waals surface area contributed by atoms with Crippen molar-refractivity contribution in [2.45, 2.75) is 161 Å². The summed E-state index contributed by atoms with van der Waals surface area (Å²) in [6.45, 7) is 10.2. The van der Waals surface area contributed by atoms with Gasteiger partial charge >= 0.3 is 0 Å². The molecule has 0 nitrogen and oxygen atoms in total. The Morgan fingerprint density at radius 2 is 0.800 bits per heavy atom. The van der Waals surface area contributed by atoms with Crippen molar-refractivity contribution in [3.05, 3.63) is 26.0 Å². The predicted octanol–water partition coefficient (Wildman–Crippen LogP) is 11.2. The normalized spacial score (nSPS) is 12.8. The Kier molecular flexibility index (Phi) is 26.5. The minimum absolute atomic E-state index is 0.776. The monoisotopic (exact) mass is 418 g/mol. The summed E-state index contributed by atoms with van der Waals surface area (Å²) in [5.74, 6) is 0.776. The molecule has 1 atom stereocenters. The standard InChI is InChI=1S/C30H58/c1-4-6-8-10-12-13-14-15-16-17-18-19-20-21-23-25-27-29-30(3)28-26-24-22-11-9-7-5-2/h26,28,30H,1-2,4-25,27,29H2,3H3/b28-26+. The summed E-state index contributed by atoms with van der Waals surface area (Å²) in [6, 6.07) is 0. The zero-order valence-corrected chi connectivity index (χ0v) is 21.1. The fourth-order valence-electron chi connectivity index (χ4n) is 4.34. The summed E-state index contributed by atoms with van der Waals surface area (Å²) >= 11 is 0. The van der Waals surface area contributed by atoms with Crippen LogP contribution in [0.2, 0.25) is 0 Å². The van der Waals surface area contributed by atoms with Gasteiger partial charge in [-0.1, -0.05) is 168 Å². The number of unbranched alkanes of at least 4 members (excludes halogenated alkanes) is 21. The molecule has 0 spiro atoms. The topological polar surface area (TPSA) is 0 Å². The van der Waals surface area contributed by atoms with E-state index in [1.165, 1.54) is 141 Å². The molecule has 178 valence electrons. The average Bonchev–Trinajstić information content (AvgIpc) is 2.75. The molecule has 0 heteroatoms. The van der Waals surface area contributed by atoms with Gasteiger partial charge in [-0.2, -0.15) is 0 Å². The highest BCUT2D eigenvalue weighted by molar-refractivity contribution is 4.86. The number of hydrogen-bond acceptors (Lipinski definition) is 0. The van der Waals surface area contributed by atoms with Gasteiger partial charge in [0, 0.05) is 0 Å². The summed E-state index contributed by atoms with van der Waals surface area (Å²) in [4.78, 5) is 0. The smallest absolute Gasteiger partial charge is 0.0262 e. The SMILES string of the molecule is [CH2]CCCCCC/C=C/C(C)CCCCCCCCCCCCCCCCCC[CH2]. The average molecular weight is 419 g/mol. The molecule has 0 aliphatic heterocycles. The molecule has 0 fully saturated rings. The Labute approximate surface area is 193 Å². The molecule has 0 aromatic heterocycles. The van der Waals surface area contributed by atoms with Gasteiger partial charge in [-0.15, -0.1) is 0 Å². The summed E-state index contributed by atoms with van der Waals surface area (Å²) in [7, 11) is 0. The molecule has 1 unspecified atom stereocenters. The molecule has 0 saturated carbocycles. The molecular weight excluding hydrogens is 360 g/mol. The maximum Gasteiger partial charge on any atom is -0.0262 e. The Morgan fingerprint density at radius 3 is 1.20 bits per heavy atom. The highest BCUT2D eigenvalue weighted by Gasteiger charge is 1.98. The van der Waals surface area contributed by atoms with Crippen LogP contribution in [0.4, 0.5) is 0 Å². The van der Waals surface area contributed by atoms with E-state index in [1.807, 2.05) is 0 Å². The molecule has 30 heavy (non-hydrogen) atoms. The highest BCUT2D eigenvalue weighted by Crippen LogP contribution is 2.16. The maximum absolute atomic E-state index is 3.92. The van der Waals surface area contributed by atoms with Crippen LogP contribution in [-0.2, 0) is 0 Å². The van der Waals surface area contributed by atoms with Gasteiger partial charge in [0.25, 0.3) is 0 Å². The molecule has 0 amide bonds. The quantitative estimate of drug-likeness (QED) is 0.102. The molecule has 2 radical (unpaired) electrons. The van der Waals surface area contributed by atoms with Crippen LogP contribution in [-0.4, -0.2) is 0 Å². The molecule has 0 aromatic rings. The van der Waals surface area contributed by atoms with E-state index in [2.05, 4.69) is 32.9 Å². The van der Waals surface area contributed by atoms with Crippen molar-refractivity contribution >= 4 is 0 Å². The second-order valence-corrected chi connectivity index (χ2v) is 9.76. The zero-order valence-electron chi connectivity index (χ0n) is 21.1. The first-order chi connectivity index (χ1) is 14.8. The summed E-state index contributed by atoms with van der Waals surface area (Å²) in [5.41, 5.74) is 0. The van der Waals surface area contributed by atoms with E-state index in [9.17, 15) is 0 Å². The summed E-state index contributed by atoms with van der Waals surface area (Å²) < 4.78 is 0. The lowest BCUT2D eigenvalue weighted by atomic mass is 10.00. The summed E-state index contributed by atoms with van der Waals surface area (Å²) in [5, 5.41) is 0. The molecule has 0 N–H and O–H groups in total. The van der Waals surface area contributed by atoms with Gasteiger partial charge in [0.15, 0.2) is 0 Å². The molecule has 0 aromatic carbocycles. The first-order valence-corrected chi connectivity index (χ1v) is 14.1. The minimum atomic E-state index is 0.776. The van der Waals surface area contributed by atoms with Crippen molar-refractivity contribution < 1.29 is 0 Å².